The maximum atomic E-state index is 6.01. The van der Waals surface area contributed by atoms with Gasteiger partial charge in [-0.1, -0.05) is 18.5 Å². The van der Waals surface area contributed by atoms with Gasteiger partial charge in [0.15, 0.2) is 5.82 Å². The molecule has 0 spiro atoms. The third-order valence-electron chi connectivity index (χ3n) is 4.78. The van der Waals surface area contributed by atoms with Crippen LogP contribution in [0.1, 0.15) is 56.8 Å². The highest BCUT2D eigenvalue weighted by Gasteiger charge is 2.40. The quantitative estimate of drug-likeness (QED) is 0.776. The van der Waals surface area contributed by atoms with Crippen LogP contribution in [0.25, 0.3) is 0 Å². The number of ether oxygens (including phenoxy) is 1. The smallest absolute Gasteiger partial charge is 0.226 e. The van der Waals surface area contributed by atoms with Crippen molar-refractivity contribution in [2.45, 2.75) is 51.5 Å². The van der Waals surface area contributed by atoms with E-state index in [2.05, 4.69) is 17.1 Å². The second-order valence-corrected chi connectivity index (χ2v) is 6.37. The molecule has 2 aliphatic rings. The fraction of sp³-hybridized carbons (Fsp3) is 0.867. The molecule has 2 aliphatic carbocycles. The molecule has 20 heavy (non-hydrogen) atoms. The number of aromatic nitrogens is 2. The van der Waals surface area contributed by atoms with Gasteiger partial charge in [0.2, 0.25) is 5.89 Å². The van der Waals surface area contributed by atoms with Crippen molar-refractivity contribution in [1.29, 1.82) is 0 Å². The number of hydrogen-bond acceptors (Lipinski definition) is 5. The molecule has 0 aromatic carbocycles. The van der Waals surface area contributed by atoms with Crippen LogP contribution in [0, 0.1) is 17.8 Å². The fourth-order valence-corrected chi connectivity index (χ4v) is 3.78. The van der Waals surface area contributed by atoms with E-state index < -0.39 is 0 Å². The van der Waals surface area contributed by atoms with E-state index in [0.717, 1.165) is 43.1 Å². The summed E-state index contributed by atoms with van der Waals surface area (Å²) in [6.45, 7) is 3.26. The van der Waals surface area contributed by atoms with E-state index in [4.69, 9.17) is 15.0 Å². The zero-order chi connectivity index (χ0) is 13.9. The van der Waals surface area contributed by atoms with E-state index >= 15 is 0 Å². The normalized spacial score (nSPS) is 30.0. The lowest BCUT2D eigenvalue weighted by Crippen LogP contribution is -2.19. The second-order valence-electron chi connectivity index (χ2n) is 6.37. The Morgan fingerprint density at radius 2 is 2.30 bits per heavy atom. The van der Waals surface area contributed by atoms with Crippen LogP contribution in [0.4, 0.5) is 0 Å². The summed E-state index contributed by atoms with van der Waals surface area (Å²) in [5, 5.41) is 4.01. The molecule has 2 fully saturated rings. The van der Waals surface area contributed by atoms with Gasteiger partial charge in [-0.25, -0.2) is 0 Å². The Balaban J connectivity index is 1.51. The average Bonchev–Trinajstić information content (AvgIpc) is 3.15. The highest BCUT2D eigenvalue weighted by Crippen LogP contribution is 2.49. The van der Waals surface area contributed by atoms with Crippen LogP contribution in [-0.4, -0.2) is 23.4 Å². The van der Waals surface area contributed by atoms with Crippen molar-refractivity contribution in [2.24, 2.45) is 23.5 Å². The molecule has 0 saturated heterocycles. The van der Waals surface area contributed by atoms with Gasteiger partial charge in [0.1, 0.15) is 0 Å². The monoisotopic (exact) mass is 279 g/mol. The number of nitrogens with two attached hydrogens (primary N) is 1. The predicted octanol–water partition coefficient (Wildman–Crippen LogP) is 2.47. The third-order valence-corrected chi connectivity index (χ3v) is 4.78. The van der Waals surface area contributed by atoms with E-state index in [-0.39, 0.29) is 6.04 Å². The Kier molecular flexibility index (Phi) is 4.36. The third kappa shape index (κ3) is 3.04. The van der Waals surface area contributed by atoms with Crippen LogP contribution in [0.3, 0.4) is 0 Å². The minimum absolute atomic E-state index is 0.279. The first-order chi connectivity index (χ1) is 9.76. The minimum Gasteiger partial charge on any atom is -0.379 e. The van der Waals surface area contributed by atoms with Crippen molar-refractivity contribution >= 4 is 0 Å². The first-order valence-electron chi connectivity index (χ1n) is 7.92. The van der Waals surface area contributed by atoms with Crippen LogP contribution >= 0.6 is 0 Å². The van der Waals surface area contributed by atoms with Crippen molar-refractivity contribution < 1.29 is 9.26 Å². The highest BCUT2D eigenvalue weighted by atomic mass is 16.5. The Morgan fingerprint density at radius 3 is 3.00 bits per heavy atom. The van der Waals surface area contributed by atoms with Crippen LogP contribution in [-0.2, 0) is 11.2 Å². The van der Waals surface area contributed by atoms with E-state index in [1.54, 1.807) is 0 Å². The molecule has 2 N–H and O–H groups in total. The number of hydrogen-bond donors (Lipinski definition) is 1. The number of fused-ring (bicyclic) bond motifs is 2. The molecule has 2 saturated carbocycles. The van der Waals surface area contributed by atoms with E-state index in [1.807, 2.05) is 0 Å². The summed E-state index contributed by atoms with van der Waals surface area (Å²) in [6, 6.07) is -0.279. The summed E-state index contributed by atoms with van der Waals surface area (Å²) >= 11 is 0. The molecule has 1 aromatic heterocycles. The first kappa shape index (κ1) is 14.0. The zero-order valence-electron chi connectivity index (χ0n) is 12.3. The van der Waals surface area contributed by atoms with Crippen LogP contribution in [0.5, 0.6) is 0 Å². The summed E-state index contributed by atoms with van der Waals surface area (Å²) in [6.07, 6.45) is 7.49. The standard InChI is InChI=1S/C15H25N3O2/c1-2-5-19-9-13(16)15-17-14(20-18-15)8-12-7-10-3-4-11(12)6-10/h10-13H,2-9,16H2,1H3. The Morgan fingerprint density at radius 1 is 1.40 bits per heavy atom. The SMILES string of the molecule is CCCOCC(N)c1noc(CC2CC3CCC2C3)n1. The Labute approximate surface area is 120 Å². The van der Waals surface area contributed by atoms with Gasteiger partial charge >= 0.3 is 0 Å². The largest absolute Gasteiger partial charge is 0.379 e. The summed E-state index contributed by atoms with van der Waals surface area (Å²) in [5.74, 6) is 3.92. The molecule has 1 heterocycles. The number of rotatable bonds is 7. The van der Waals surface area contributed by atoms with Gasteiger partial charge in [-0.2, -0.15) is 4.98 Å². The van der Waals surface area contributed by atoms with Crippen LogP contribution in [0.15, 0.2) is 4.52 Å². The predicted molar refractivity (Wildman–Crippen MR) is 75.0 cm³/mol. The fourth-order valence-electron chi connectivity index (χ4n) is 3.78. The molecule has 3 rings (SSSR count). The van der Waals surface area contributed by atoms with E-state index in [9.17, 15) is 0 Å². The van der Waals surface area contributed by atoms with Crippen LogP contribution < -0.4 is 5.73 Å². The number of nitrogens with zero attached hydrogens (tertiary/aromatic N) is 2. The average molecular weight is 279 g/mol. The molecule has 4 atom stereocenters. The van der Waals surface area contributed by atoms with Crippen molar-refractivity contribution in [3.63, 3.8) is 0 Å². The van der Waals surface area contributed by atoms with Gasteiger partial charge in [0.25, 0.3) is 0 Å². The highest BCUT2D eigenvalue weighted by molar-refractivity contribution is 4.98. The van der Waals surface area contributed by atoms with E-state index in [0.29, 0.717) is 12.4 Å². The lowest BCUT2D eigenvalue weighted by Gasteiger charge is -2.19. The van der Waals surface area contributed by atoms with Gasteiger partial charge < -0.3 is 15.0 Å². The summed E-state index contributed by atoms with van der Waals surface area (Å²) in [7, 11) is 0. The molecule has 5 heteroatoms. The molecule has 0 radical (unpaired) electrons. The Bertz CT molecular complexity index is 435. The molecule has 5 nitrogen and oxygen atoms in total. The molecule has 0 amide bonds. The lowest BCUT2D eigenvalue weighted by atomic mass is 9.86. The molecule has 0 aliphatic heterocycles. The van der Waals surface area contributed by atoms with Crippen molar-refractivity contribution in [3.8, 4) is 0 Å². The van der Waals surface area contributed by atoms with Gasteiger partial charge in [0.05, 0.1) is 12.6 Å². The summed E-state index contributed by atoms with van der Waals surface area (Å²) in [4.78, 5) is 4.45. The molecule has 4 unspecified atom stereocenters. The van der Waals surface area contributed by atoms with Crippen molar-refractivity contribution in [1.82, 2.24) is 10.1 Å². The molecule has 2 bridgehead atoms. The topological polar surface area (TPSA) is 74.2 Å². The Hall–Kier alpha value is -0.940. The van der Waals surface area contributed by atoms with Crippen molar-refractivity contribution in [2.75, 3.05) is 13.2 Å². The first-order valence-corrected chi connectivity index (χ1v) is 7.92. The van der Waals surface area contributed by atoms with Crippen molar-refractivity contribution in [3.05, 3.63) is 11.7 Å². The lowest BCUT2D eigenvalue weighted by molar-refractivity contribution is 0.119. The maximum absolute atomic E-state index is 6.01. The zero-order valence-corrected chi connectivity index (χ0v) is 12.3. The second kappa shape index (κ2) is 6.22. The van der Waals surface area contributed by atoms with Gasteiger partial charge in [-0.15, -0.1) is 0 Å². The summed E-state index contributed by atoms with van der Waals surface area (Å²) in [5.41, 5.74) is 6.01. The van der Waals surface area contributed by atoms with Gasteiger partial charge in [-0.3, -0.25) is 0 Å². The van der Waals surface area contributed by atoms with Gasteiger partial charge in [-0.05, 0) is 43.4 Å². The summed E-state index contributed by atoms with van der Waals surface area (Å²) < 4.78 is 10.8. The minimum atomic E-state index is -0.279. The van der Waals surface area contributed by atoms with Gasteiger partial charge in [0, 0.05) is 13.0 Å². The molecular formula is C15H25N3O2. The molecule has 112 valence electrons. The van der Waals surface area contributed by atoms with Crippen LogP contribution in [0.2, 0.25) is 0 Å². The molecule has 1 aromatic rings. The molecular weight excluding hydrogens is 254 g/mol. The van der Waals surface area contributed by atoms with E-state index in [1.165, 1.54) is 25.7 Å². The maximum Gasteiger partial charge on any atom is 0.226 e.